The van der Waals surface area contributed by atoms with Crippen LogP contribution in [0.2, 0.25) is 0 Å². The van der Waals surface area contributed by atoms with Crippen molar-refractivity contribution in [1.82, 2.24) is 0 Å². The van der Waals surface area contributed by atoms with Gasteiger partial charge in [-0.25, -0.2) is 8.78 Å². The molecule has 2 N–H and O–H groups in total. The largest absolute Gasteiger partial charge is 0.457 e. The van der Waals surface area contributed by atoms with E-state index in [0.717, 1.165) is 24.1 Å². The third-order valence-electron chi connectivity index (χ3n) is 2.87. The number of halogens is 2. The number of ether oxygens (including phenoxy) is 1. The van der Waals surface area contributed by atoms with Crippen LogP contribution in [0.1, 0.15) is 24.9 Å². The van der Waals surface area contributed by atoms with Crippen LogP contribution in [0.5, 0.6) is 11.5 Å². The van der Waals surface area contributed by atoms with Gasteiger partial charge in [-0.05, 0) is 36.2 Å². The standard InChI is InChI=1S/C15H15F2NO/c1-2-15(18)10-3-5-11(6-4-10)19-12-7-8-13(16)14(17)9-12/h3-9,15H,2,18H2,1H3. The van der Waals surface area contributed by atoms with Crippen LogP contribution in [-0.4, -0.2) is 0 Å². The fourth-order valence-corrected chi connectivity index (χ4v) is 1.70. The van der Waals surface area contributed by atoms with Gasteiger partial charge in [0.15, 0.2) is 11.6 Å². The summed E-state index contributed by atoms with van der Waals surface area (Å²) in [5, 5.41) is 0. The second-order valence-electron chi connectivity index (χ2n) is 4.26. The molecule has 0 amide bonds. The van der Waals surface area contributed by atoms with Crippen LogP contribution < -0.4 is 10.5 Å². The molecule has 19 heavy (non-hydrogen) atoms. The molecule has 0 fully saturated rings. The van der Waals surface area contributed by atoms with Crippen molar-refractivity contribution in [3.63, 3.8) is 0 Å². The van der Waals surface area contributed by atoms with E-state index in [1.165, 1.54) is 6.07 Å². The average Bonchev–Trinajstić information content (AvgIpc) is 2.43. The first-order valence-corrected chi connectivity index (χ1v) is 6.08. The Kier molecular flexibility index (Phi) is 4.12. The van der Waals surface area contributed by atoms with E-state index in [9.17, 15) is 8.78 Å². The maximum atomic E-state index is 13.0. The van der Waals surface area contributed by atoms with Crippen LogP contribution in [0.3, 0.4) is 0 Å². The maximum Gasteiger partial charge on any atom is 0.162 e. The molecule has 0 aromatic heterocycles. The molecule has 2 aromatic carbocycles. The first-order valence-electron chi connectivity index (χ1n) is 6.08. The fourth-order valence-electron chi connectivity index (χ4n) is 1.70. The van der Waals surface area contributed by atoms with E-state index in [1.807, 2.05) is 19.1 Å². The Labute approximate surface area is 110 Å². The highest BCUT2D eigenvalue weighted by atomic mass is 19.2. The lowest BCUT2D eigenvalue weighted by Crippen LogP contribution is -2.07. The molecule has 1 atom stereocenters. The molecule has 100 valence electrons. The van der Waals surface area contributed by atoms with Gasteiger partial charge in [0, 0.05) is 12.1 Å². The molecule has 0 saturated heterocycles. The van der Waals surface area contributed by atoms with Gasteiger partial charge in [-0.2, -0.15) is 0 Å². The maximum absolute atomic E-state index is 13.0. The summed E-state index contributed by atoms with van der Waals surface area (Å²) in [6, 6.07) is 10.7. The van der Waals surface area contributed by atoms with E-state index in [0.29, 0.717) is 5.75 Å². The van der Waals surface area contributed by atoms with Crippen LogP contribution in [-0.2, 0) is 0 Å². The molecular formula is C15H15F2NO. The SMILES string of the molecule is CCC(N)c1ccc(Oc2ccc(F)c(F)c2)cc1. The first kappa shape index (κ1) is 13.5. The Hall–Kier alpha value is -1.94. The van der Waals surface area contributed by atoms with Gasteiger partial charge >= 0.3 is 0 Å². The average molecular weight is 263 g/mol. The van der Waals surface area contributed by atoms with Crippen LogP contribution in [0.15, 0.2) is 42.5 Å². The molecule has 0 aliphatic rings. The van der Waals surface area contributed by atoms with E-state index >= 15 is 0 Å². The molecule has 0 radical (unpaired) electrons. The van der Waals surface area contributed by atoms with Gasteiger partial charge in [0.05, 0.1) is 0 Å². The first-order chi connectivity index (χ1) is 9.10. The second kappa shape index (κ2) is 5.80. The summed E-state index contributed by atoms with van der Waals surface area (Å²) in [6.07, 6.45) is 0.851. The summed E-state index contributed by atoms with van der Waals surface area (Å²) in [4.78, 5) is 0. The van der Waals surface area contributed by atoms with Gasteiger partial charge in [-0.1, -0.05) is 19.1 Å². The van der Waals surface area contributed by atoms with Crippen molar-refractivity contribution in [3.8, 4) is 11.5 Å². The molecule has 1 unspecified atom stereocenters. The quantitative estimate of drug-likeness (QED) is 0.898. The Morgan fingerprint density at radius 1 is 1.00 bits per heavy atom. The predicted molar refractivity (Wildman–Crippen MR) is 70.1 cm³/mol. The normalized spacial score (nSPS) is 12.2. The molecule has 2 aromatic rings. The van der Waals surface area contributed by atoms with Gasteiger partial charge in [0.1, 0.15) is 11.5 Å². The van der Waals surface area contributed by atoms with Crippen LogP contribution in [0.25, 0.3) is 0 Å². The predicted octanol–water partition coefficient (Wildman–Crippen LogP) is 4.17. The van der Waals surface area contributed by atoms with Gasteiger partial charge < -0.3 is 10.5 Å². The zero-order chi connectivity index (χ0) is 13.8. The van der Waals surface area contributed by atoms with Crippen molar-refractivity contribution >= 4 is 0 Å². The minimum absolute atomic E-state index is 0.00249. The lowest BCUT2D eigenvalue weighted by atomic mass is 10.1. The second-order valence-corrected chi connectivity index (χ2v) is 4.26. The van der Waals surface area contributed by atoms with Crippen molar-refractivity contribution in [2.45, 2.75) is 19.4 Å². The van der Waals surface area contributed by atoms with Gasteiger partial charge in [0.2, 0.25) is 0 Å². The van der Waals surface area contributed by atoms with Crippen LogP contribution in [0, 0.1) is 11.6 Å². The lowest BCUT2D eigenvalue weighted by Gasteiger charge is -2.10. The monoisotopic (exact) mass is 263 g/mol. The minimum Gasteiger partial charge on any atom is -0.457 e. The summed E-state index contributed by atoms with van der Waals surface area (Å²) in [6.45, 7) is 2.01. The Balaban J connectivity index is 2.12. The molecule has 0 bridgehead atoms. The molecule has 0 saturated carbocycles. The smallest absolute Gasteiger partial charge is 0.162 e. The Morgan fingerprint density at radius 3 is 2.21 bits per heavy atom. The van der Waals surface area contributed by atoms with E-state index in [-0.39, 0.29) is 11.8 Å². The summed E-state index contributed by atoms with van der Waals surface area (Å²) in [5.41, 5.74) is 6.92. The number of nitrogens with two attached hydrogens (primary N) is 1. The highest BCUT2D eigenvalue weighted by Crippen LogP contribution is 2.24. The number of hydrogen-bond donors (Lipinski definition) is 1. The summed E-state index contributed by atoms with van der Waals surface area (Å²) >= 11 is 0. The molecule has 0 heterocycles. The zero-order valence-corrected chi connectivity index (χ0v) is 10.6. The zero-order valence-electron chi connectivity index (χ0n) is 10.6. The van der Waals surface area contributed by atoms with Crippen molar-refractivity contribution in [3.05, 3.63) is 59.7 Å². The molecule has 0 aliphatic heterocycles. The molecule has 0 spiro atoms. The minimum atomic E-state index is -0.929. The van der Waals surface area contributed by atoms with E-state index in [1.54, 1.807) is 12.1 Å². The third-order valence-corrected chi connectivity index (χ3v) is 2.87. The molecular weight excluding hydrogens is 248 g/mol. The van der Waals surface area contributed by atoms with E-state index in [4.69, 9.17) is 10.5 Å². The number of rotatable bonds is 4. The lowest BCUT2D eigenvalue weighted by molar-refractivity contribution is 0.461. The van der Waals surface area contributed by atoms with Crippen LogP contribution in [0.4, 0.5) is 8.78 Å². The highest BCUT2D eigenvalue weighted by Gasteiger charge is 2.06. The molecule has 2 nitrogen and oxygen atoms in total. The summed E-state index contributed by atoms with van der Waals surface area (Å²) < 4.78 is 31.2. The Bertz CT molecular complexity index is 555. The fraction of sp³-hybridized carbons (Fsp3) is 0.200. The van der Waals surface area contributed by atoms with Crippen molar-refractivity contribution in [1.29, 1.82) is 0 Å². The topological polar surface area (TPSA) is 35.2 Å². The van der Waals surface area contributed by atoms with Crippen molar-refractivity contribution in [2.24, 2.45) is 5.73 Å². The number of hydrogen-bond acceptors (Lipinski definition) is 2. The number of benzene rings is 2. The van der Waals surface area contributed by atoms with Gasteiger partial charge in [-0.3, -0.25) is 0 Å². The van der Waals surface area contributed by atoms with E-state index in [2.05, 4.69) is 0 Å². The van der Waals surface area contributed by atoms with Gasteiger partial charge in [0.25, 0.3) is 0 Å². The molecule has 2 rings (SSSR count). The Morgan fingerprint density at radius 2 is 1.63 bits per heavy atom. The van der Waals surface area contributed by atoms with Gasteiger partial charge in [-0.15, -0.1) is 0 Å². The van der Waals surface area contributed by atoms with Crippen LogP contribution >= 0.6 is 0 Å². The van der Waals surface area contributed by atoms with Crippen molar-refractivity contribution < 1.29 is 13.5 Å². The van der Waals surface area contributed by atoms with E-state index < -0.39 is 11.6 Å². The summed E-state index contributed by atoms with van der Waals surface area (Å²) in [7, 11) is 0. The highest BCUT2D eigenvalue weighted by molar-refractivity contribution is 5.34. The third kappa shape index (κ3) is 3.29. The molecule has 4 heteroatoms. The summed E-state index contributed by atoms with van der Waals surface area (Å²) in [5.74, 6) is -1.01. The molecule has 0 aliphatic carbocycles. The van der Waals surface area contributed by atoms with Crippen molar-refractivity contribution in [2.75, 3.05) is 0 Å².